The van der Waals surface area contributed by atoms with Gasteiger partial charge in [0.05, 0.1) is 6.04 Å². The van der Waals surface area contributed by atoms with E-state index in [-0.39, 0.29) is 11.8 Å². The summed E-state index contributed by atoms with van der Waals surface area (Å²) in [6.07, 6.45) is 3.65. The van der Waals surface area contributed by atoms with Crippen molar-refractivity contribution >= 4 is 11.5 Å². The van der Waals surface area contributed by atoms with Gasteiger partial charge < -0.3 is 5.43 Å². The Balaban J connectivity index is 2.67. The molecule has 0 radical (unpaired) electrons. The van der Waals surface area contributed by atoms with E-state index in [0.29, 0.717) is 5.71 Å². The maximum atomic E-state index is 10.7. The highest BCUT2D eigenvalue weighted by Gasteiger charge is 2.06. The number of nitrogens with zero attached hydrogens (tertiary/aromatic N) is 1. The number of hydrogen-bond acceptors (Lipinski definition) is 3. The van der Waals surface area contributed by atoms with E-state index in [2.05, 4.69) is 10.5 Å². The monoisotopic (exact) mass is 138 g/mol. The first kappa shape index (κ1) is 6.99. The minimum atomic E-state index is -0.00403. The number of hydrogen-bond donors (Lipinski definition) is 1. The molecule has 1 rings (SSSR count). The first-order valence-electron chi connectivity index (χ1n) is 3.22. The summed E-state index contributed by atoms with van der Waals surface area (Å²) in [6, 6.07) is 0.239. The summed E-state index contributed by atoms with van der Waals surface area (Å²) in [7, 11) is 0. The van der Waals surface area contributed by atoms with E-state index in [9.17, 15) is 4.79 Å². The molecule has 0 aromatic rings. The normalized spacial score (nSPS) is 23.4. The number of carbonyl (C=O) groups is 1. The average Bonchev–Trinajstić information content (AvgIpc) is 1.88. The largest absolute Gasteiger partial charge is 0.303 e. The zero-order chi connectivity index (χ0) is 7.56. The minimum Gasteiger partial charge on any atom is -0.303 e. The van der Waals surface area contributed by atoms with Crippen LogP contribution >= 0.6 is 0 Å². The van der Waals surface area contributed by atoms with Gasteiger partial charge in [-0.15, -0.1) is 0 Å². The molecule has 0 amide bonds. The lowest BCUT2D eigenvalue weighted by atomic mass is 10.2. The van der Waals surface area contributed by atoms with Crippen LogP contribution in [0.15, 0.2) is 17.3 Å². The smallest absolute Gasteiger partial charge is 0.179 e. The third-order valence-corrected chi connectivity index (χ3v) is 1.29. The molecule has 1 atom stereocenters. The van der Waals surface area contributed by atoms with Gasteiger partial charge in [0, 0.05) is 6.92 Å². The van der Waals surface area contributed by atoms with E-state index in [1.807, 2.05) is 13.0 Å². The summed E-state index contributed by atoms with van der Waals surface area (Å²) < 4.78 is 0. The molecule has 1 aliphatic heterocycles. The van der Waals surface area contributed by atoms with Gasteiger partial charge in [-0.25, -0.2) is 0 Å². The molecule has 0 aromatic heterocycles. The Labute approximate surface area is 59.8 Å². The molecular weight excluding hydrogens is 128 g/mol. The van der Waals surface area contributed by atoms with Crippen LogP contribution in [0.25, 0.3) is 0 Å². The van der Waals surface area contributed by atoms with Gasteiger partial charge in [-0.05, 0) is 13.0 Å². The van der Waals surface area contributed by atoms with Crippen LogP contribution in [-0.4, -0.2) is 17.5 Å². The van der Waals surface area contributed by atoms with Crippen molar-refractivity contribution < 1.29 is 4.79 Å². The van der Waals surface area contributed by atoms with Crippen LogP contribution in [0.1, 0.15) is 13.8 Å². The molecule has 1 unspecified atom stereocenters. The zero-order valence-electron chi connectivity index (χ0n) is 6.09. The lowest BCUT2D eigenvalue weighted by Gasteiger charge is -2.10. The van der Waals surface area contributed by atoms with Gasteiger partial charge in [-0.1, -0.05) is 6.08 Å². The molecule has 3 nitrogen and oxygen atoms in total. The van der Waals surface area contributed by atoms with Gasteiger partial charge in [0.2, 0.25) is 0 Å². The maximum absolute atomic E-state index is 10.7. The first-order valence-corrected chi connectivity index (χ1v) is 3.22. The Kier molecular flexibility index (Phi) is 1.85. The highest BCUT2D eigenvalue weighted by molar-refractivity contribution is 6.43. The van der Waals surface area contributed by atoms with Crippen molar-refractivity contribution in [2.45, 2.75) is 19.9 Å². The quantitative estimate of drug-likeness (QED) is 0.572. The Bertz CT molecular complexity index is 206. The van der Waals surface area contributed by atoms with E-state index in [1.54, 1.807) is 6.08 Å². The number of hydrazone groups is 1. The van der Waals surface area contributed by atoms with Crippen LogP contribution in [0.2, 0.25) is 0 Å². The SMILES string of the molecule is CC(=O)C1=NNC(C)C=C1. The highest BCUT2D eigenvalue weighted by atomic mass is 16.1. The summed E-state index contributed by atoms with van der Waals surface area (Å²) in [5.41, 5.74) is 3.29. The molecule has 54 valence electrons. The fraction of sp³-hybridized carbons (Fsp3) is 0.429. The number of Topliss-reactive ketones (excluding diaryl/α,β-unsaturated/α-hetero) is 1. The van der Waals surface area contributed by atoms with Crippen molar-refractivity contribution in [3.63, 3.8) is 0 Å². The molecule has 1 heterocycles. The topological polar surface area (TPSA) is 41.5 Å². The van der Waals surface area contributed by atoms with Gasteiger partial charge in [0.1, 0.15) is 5.71 Å². The van der Waals surface area contributed by atoms with Crippen LogP contribution in [-0.2, 0) is 4.79 Å². The summed E-state index contributed by atoms with van der Waals surface area (Å²) >= 11 is 0. The van der Waals surface area contributed by atoms with E-state index in [1.165, 1.54) is 6.92 Å². The molecule has 0 saturated heterocycles. The highest BCUT2D eigenvalue weighted by Crippen LogP contribution is 1.94. The van der Waals surface area contributed by atoms with E-state index in [4.69, 9.17) is 0 Å². The number of nitrogens with one attached hydrogen (secondary N) is 1. The number of carbonyl (C=O) groups excluding carboxylic acids is 1. The number of allylic oxidation sites excluding steroid dienone is 1. The number of ketones is 1. The van der Waals surface area contributed by atoms with Crippen molar-refractivity contribution in [2.24, 2.45) is 5.10 Å². The van der Waals surface area contributed by atoms with Gasteiger partial charge in [0.25, 0.3) is 0 Å². The molecule has 1 aliphatic rings. The predicted molar refractivity (Wildman–Crippen MR) is 39.9 cm³/mol. The Morgan fingerprint density at radius 2 is 2.50 bits per heavy atom. The van der Waals surface area contributed by atoms with Gasteiger partial charge in [0.15, 0.2) is 5.78 Å². The molecule has 3 heteroatoms. The van der Waals surface area contributed by atoms with Crippen LogP contribution in [0.4, 0.5) is 0 Å². The average molecular weight is 138 g/mol. The zero-order valence-corrected chi connectivity index (χ0v) is 6.09. The van der Waals surface area contributed by atoms with Gasteiger partial charge in [-0.3, -0.25) is 4.79 Å². The van der Waals surface area contributed by atoms with E-state index >= 15 is 0 Å². The summed E-state index contributed by atoms with van der Waals surface area (Å²) in [5, 5.41) is 3.84. The first-order chi connectivity index (χ1) is 4.70. The van der Waals surface area contributed by atoms with Crippen molar-refractivity contribution in [1.82, 2.24) is 5.43 Å². The summed E-state index contributed by atoms with van der Waals surface area (Å²) in [5.74, 6) is -0.00403. The van der Waals surface area contributed by atoms with Crippen molar-refractivity contribution in [3.05, 3.63) is 12.2 Å². The van der Waals surface area contributed by atoms with Crippen LogP contribution in [0, 0.1) is 0 Å². The van der Waals surface area contributed by atoms with E-state index in [0.717, 1.165) is 0 Å². The minimum absolute atomic E-state index is 0.00403. The van der Waals surface area contributed by atoms with Gasteiger partial charge >= 0.3 is 0 Å². The lowest BCUT2D eigenvalue weighted by Crippen LogP contribution is -2.26. The van der Waals surface area contributed by atoms with E-state index < -0.39 is 0 Å². The van der Waals surface area contributed by atoms with Crippen molar-refractivity contribution in [3.8, 4) is 0 Å². The Morgan fingerprint density at radius 3 is 2.90 bits per heavy atom. The Hall–Kier alpha value is -1.12. The second-order valence-electron chi connectivity index (χ2n) is 2.33. The molecule has 0 aliphatic carbocycles. The van der Waals surface area contributed by atoms with Crippen LogP contribution in [0.5, 0.6) is 0 Å². The molecule has 1 N–H and O–H groups in total. The molecule has 0 aromatic carbocycles. The van der Waals surface area contributed by atoms with Crippen molar-refractivity contribution in [2.75, 3.05) is 0 Å². The van der Waals surface area contributed by atoms with Crippen molar-refractivity contribution in [1.29, 1.82) is 0 Å². The van der Waals surface area contributed by atoms with Crippen LogP contribution < -0.4 is 5.43 Å². The number of rotatable bonds is 1. The molecule has 0 saturated carbocycles. The fourth-order valence-electron chi connectivity index (χ4n) is 0.683. The van der Waals surface area contributed by atoms with Gasteiger partial charge in [-0.2, -0.15) is 5.10 Å². The third kappa shape index (κ3) is 1.43. The standard InChI is InChI=1S/C7H10N2O/c1-5-3-4-7(6(2)10)9-8-5/h3-5,8H,1-2H3. The summed E-state index contributed by atoms with van der Waals surface area (Å²) in [4.78, 5) is 10.7. The molecule has 0 fully saturated rings. The predicted octanol–water partition coefficient (Wildman–Crippen LogP) is 0.479. The lowest BCUT2D eigenvalue weighted by molar-refractivity contribution is -0.111. The maximum Gasteiger partial charge on any atom is 0.179 e. The van der Waals surface area contributed by atoms with Crippen LogP contribution in [0.3, 0.4) is 0 Å². The molecule has 10 heavy (non-hydrogen) atoms. The molecule has 0 bridgehead atoms. The fourth-order valence-corrected chi connectivity index (χ4v) is 0.683. The molecular formula is C7H10N2O. The third-order valence-electron chi connectivity index (χ3n) is 1.29. The molecule has 0 spiro atoms. The second kappa shape index (κ2) is 2.64. The summed E-state index contributed by atoms with van der Waals surface area (Å²) in [6.45, 7) is 3.47. The Morgan fingerprint density at radius 1 is 1.80 bits per heavy atom. The second-order valence-corrected chi connectivity index (χ2v) is 2.33.